The zero-order valence-electron chi connectivity index (χ0n) is 5.30. The highest BCUT2D eigenvalue weighted by molar-refractivity contribution is 7.78. The van der Waals surface area contributed by atoms with Gasteiger partial charge in [-0.3, -0.25) is 4.79 Å². The smallest absolute Gasteiger partial charge is 0.284 e. The van der Waals surface area contributed by atoms with Crippen LogP contribution < -0.4 is 5.56 Å². The molecule has 0 amide bonds. The maximum absolute atomic E-state index is 12.4. The van der Waals surface area contributed by atoms with Crippen LogP contribution in [0, 0.1) is 5.82 Å². The molecule has 0 aliphatic carbocycles. The second-order valence-electron chi connectivity index (χ2n) is 1.74. The molecule has 1 aromatic rings. The Morgan fingerprint density at radius 2 is 2.45 bits per heavy atom. The summed E-state index contributed by atoms with van der Waals surface area (Å²) >= 11 is 4.28. The molecule has 3 nitrogen and oxygen atoms in total. The van der Waals surface area contributed by atoms with Gasteiger partial charge in [-0.1, -0.05) is 0 Å². The summed E-state index contributed by atoms with van der Waals surface area (Å²) in [5.74, 6) is -0.878. The van der Waals surface area contributed by atoms with Gasteiger partial charge in [0.25, 0.3) is 5.56 Å². The van der Waals surface area contributed by atoms with Gasteiger partial charge in [0, 0.05) is 12.3 Å². The molecule has 0 saturated heterocycles. The SMILES string of the molecule is O=c1[nH]cc(N=C=S)cc1F. The van der Waals surface area contributed by atoms with E-state index >= 15 is 0 Å². The van der Waals surface area contributed by atoms with Crippen molar-refractivity contribution in [2.75, 3.05) is 0 Å². The first kappa shape index (κ1) is 7.78. The van der Waals surface area contributed by atoms with Gasteiger partial charge in [-0.15, -0.1) is 0 Å². The van der Waals surface area contributed by atoms with Gasteiger partial charge < -0.3 is 4.98 Å². The van der Waals surface area contributed by atoms with E-state index in [1.54, 1.807) is 0 Å². The summed E-state index contributed by atoms with van der Waals surface area (Å²) in [6.45, 7) is 0. The Morgan fingerprint density at radius 1 is 1.73 bits per heavy atom. The van der Waals surface area contributed by atoms with E-state index in [2.05, 4.69) is 27.4 Å². The zero-order chi connectivity index (χ0) is 8.27. The van der Waals surface area contributed by atoms with E-state index < -0.39 is 11.4 Å². The average molecular weight is 170 g/mol. The largest absolute Gasteiger partial charge is 0.324 e. The minimum atomic E-state index is -0.878. The van der Waals surface area contributed by atoms with E-state index in [9.17, 15) is 9.18 Å². The van der Waals surface area contributed by atoms with Gasteiger partial charge in [-0.05, 0) is 12.2 Å². The summed E-state index contributed by atoms with van der Waals surface area (Å²) in [5.41, 5.74) is -0.523. The highest BCUT2D eigenvalue weighted by atomic mass is 32.1. The van der Waals surface area contributed by atoms with E-state index in [0.717, 1.165) is 6.07 Å². The van der Waals surface area contributed by atoms with Crippen LogP contribution in [0.5, 0.6) is 0 Å². The normalized spacial score (nSPS) is 8.82. The lowest BCUT2D eigenvalue weighted by molar-refractivity contribution is 0.609. The highest BCUT2D eigenvalue weighted by Crippen LogP contribution is 2.06. The first-order valence-electron chi connectivity index (χ1n) is 2.70. The Labute approximate surface area is 66.6 Å². The van der Waals surface area contributed by atoms with Gasteiger partial charge in [0.15, 0.2) is 5.82 Å². The van der Waals surface area contributed by atoms with Gasteiger partial charge in [0.05, 0.1) is 10.8 Å². The summed E-state index contributed by atoms with van der Waals surface area (Å²) < 4.78 is 12.4. The van der Waals surface area contributed by atoms with Crippen LogP contribution in [0.3, 0.4) is 0 Å². The number of halogens is 1. The van der Waals surface area contributed by atoms with Crippen LogP contribution in [0.1, 0.15) is 0 Å². The number of aromatic nitrogens is 1. The summed E-state index contributed by atoms with van der Waals surface area (Å²) in [7, 11) is 0. The van der Waals surface area contributed by atoms with Crippen LogP contribution in [-0.4, -0.2) is 10.1 Å². The van der Waals surface area contributed by atoms with Crippen LogP contribution >= 0.6 is 12.2 Å². The van der Waals surface area contributed by atoms with Crippen LogP contribution in [0.15, 0.2) is 22.1 Å². The number of aliphatic imine (C=N–C) groups is 1. The maximum Gasteiger partial charge on any atom is 0.284 e. The van der Waals surface area contributed by atoms with Crippen molar-refractivity contribution < 1.29 is 4.39 Å². The van der Waals surface area contributed by atoms with Gasteiger partial charge in [-0.2, -0.15) is 4.99 Å². The van der Waals surface area contributed by atoms with Crippen molar-refractivity contribution in [3.8, 4) is 0 Å². The average Bonchev–Trinajstić information content (AvgIpc) is 1.98. The minimum Gasteiger partial charge on any atom is -0.324 e. The molecule has 1 heterocycles. The minimum absolute atomic E-state index is 0.247. The molecule has 0 aromatic carbocycles. The fourth-order valence-electron chi connectivity index (χ4n) is 0.563. The third-order valence-corrected chi connectivity index (χ3v) is 1.11. The summed E-state index contributed by atoms with van der Waals surface area (Å²) in [6.07, 6.45) is 1.25. The van der Waals surface area contributed by atoms with Crippen molar-refractivity contribution >= 4 is 23.1 Å². The monoisotopic (exact) mass is 170 g/mol. The Hall–Kier alpha value is -1.32. The molecule has 0 unspecified atom stereocenters. The molecule has 1 N–H and O–H groups in total. The molecule has 0 spiro atoms. The zero-order valence-corrected chi connectivity index (χ0v) is 6.11. The van der Waals surface area contributed by atoms with Crippen molar-refractivity contribution in [3.63, 3.8) is 0 Å². The van der Waals surface area contributed by atoms with Gasteiger partial charge in [0.1, 0.15) is 0 Å². The Balaban J connectivity index is 3.25. The number of rotatable bonds is 1. The van der Waals surface area contributed by atoms with Crippen molar-refractivity contribution in [1.82, 2.24) is 4.98 Å². The predicted molar refractivity (Wildman–Crippen MR) is 41.7 cm³/mol. The van der Waals surface area contributed by atoms with Gasteiger partial charge >= 0.3 is 0 Å². The molecule has 11 heavy (non-hydrogen) atoms. The highest BCUT2D eigenvalue weighted by Gasteiger charge is 1.96. The lowest BCUT2D eigenvalue weighted by atomic mass is 10.4. The van der Waals surface area contributed by atoms with Crippen molar-refractivity contribution in [3.05, 3.63) is 28.4 Å². The van der Waals surface area contributed by atoms with Gasteiger partial charge in [0.2, 0.25) is 0 Å². The third kappa shape index (κ3) is 1.80. The Bertz CT molecular complexity index is 367. The maximum atomic E-state index is 12.4. The molecule has 1 aromatic heterocycles. The van der Waals surface area contributed by atoms with E-state index in [1.165, 1.54) is 6.20 Å². The molecule has 0 atom stereocenters. The number of hydrogen-bond donors (Lipinski definition) is 1. The summed E-state index contributed by atoms with van der Waals surface area (Å²) in [6, 6.07) is 0.984. The number of thiocarbonyl (C=S) groups is 1. The van der Waals surface area contributed by atoms with E-state index in [0.29, 0.717) is 0 Å². The quantitative estimate of drug-likeness (QED) is 0.509. The number of isothiocyanates is 1. The molecule has 0 radical (unpaired) electrons. The molecule has 0 aliphatic rings. The van der Waals surface area contributed by atoms with Gasteiger partial charge in [-0.25, -0.2) is 4.39 Å². The topological polar surface area (TPSA) is 45.2 Å². The van der Waals surface area contributed by atoms with Crippen molar-refractivity contribution in [2.24, 2.45) is 4.99 Å². The third-order valence-electron chi connectivity index (χ3n) is 1.02. The summed E-state index contributed by atoms with van der Waals surface area (Å²) in [5, 5.41) is 2.05. The molecule has 1 rings (SSSR count). The van der Waals surface area contributed by atoms with Crippen LogP contribution in [0.4, 0.5) is 10.1 Å². The lowest BCUT2D eigenvalue weighted by Crippen LogP contribution is -2.07. The van der Waals surface area contributed by atoms with Crippen LogP contribution in [0.2, 0.25) is 0 Å². The number of H-pyrrole nitrogens is 1. The van der Waals surface area contributed by atoms with E-state index in [1.807, 2.05) is 0 Å². The lowest BCUT2D eigenvalue weighted by Gasteiger charge is -1.88. The second kappa shape index (κ2) is 3.18. The number of pyridine rings is 1. The number of aromatic amines is 1. The number of nitrogens with one attached hydrogen (secondary N) is 1. The molecule has 0 fully saturated rings. The van der Waals surface area contributed by atoms with Crippen molar-refractivity contribution in [1.29, 1.82) is 0 Å². The molecule has 0 bridgehead atoms. The molecular formula is C6H3FN2OS. The predicted octanol–water partition coefficient (Wildman–Crippen LogP) is 1.25. The molecular weight excluding hydrogens is 167 g/mol. The van der Waals surface area contributed by atoms with Crippen LogP contribution in [-0.2, 0) is 0 Å². The molecule has 0 aliphatic heterocycles. The van der Waals surface area contributed by atoms with E-state index in [-0.39, 0.29) is 5.69 Å². The fraction of sp³-hybridized carbons (Fsp3) is 0. The number of nitrogens with zero attached hydrogens (tertiary/aromatic N) is 1. The first-order chi connectivity index (χ1) is 5.24. The standard InChI is InChI=1S/C6H3FN2OS/c7-5-1-4(9-3-11)2-8-6(5)10/h1-2H,(H,8,10). The summed E-state index contributed by atoms with van der Waals surface area (Å²) in [4.78, 5) is 16.1. The Morgan fingerprint density at radius 3 is 3.00 bits per heavy atom. The fourth-order valence-corrected chi connectivity index (χ4v) is 0.668. The number of hydrogen-bond acceptors (Lipinski definition) is 3. The molecule has 56 valence electrons. The van der Waals surface area contributed by atoms with Crippen LogP contribution in [0.25, 0.3) is 0 Å². The van der Waals surface area contributed by atoms with E-state index in [4.69, 9.17) is 0 Å². The molecule has 5 heteroatoms. The molecule has 0 saturated carbocycles. The Kier molecular flexibility index (Phi) is 2.25. The second-order valence-corrected chi connectivity index (χ2v) is 1.92. The first-order valence-corrected chi connectivity index (χ1v) is 3.11. The van der Waals surface area contributed by atoms with Crippen molar-refractivity contribution in [2.45, 2.75) is 0 Å².